The molecule has 0 spiro atoms. The van der Waals surface area contributed by atoms with E-state index in [4.69, 9.17) is 0 Å². The lowest BCUT2D eigenvalue weighted by Gasteiger charge is -2.39. The number of nitrogens with one attached hydrogen (secondary N) is 2. The summed E-state index contributed by atoms with van der Waals surface area (Å²) in [4.78, 5) is 6.86. The third-order valence-electron chi connectivity index (χ3n) is 5.33. The largest absolute Gasteiger partial charge is 0.355 e. The summed E-state index contributed by atoms with van der Waals surface area (Å²) in [7, 11) is -1.13. The van der Waals surface area contributed by atoms with Crippen LogP contribution in [0.25, 0.3) is 0 Å². The fraction of sp³-hybridized carbons (Fsp3) is 0.941. The SMILES string of the molecule is CN=C(NCC(C(C)C)N1CCC(C)CC1)NC1CCS(=O)(=O)C1.I. The number of halogens is 1. The van der Waals surface area contributed by atoms with Crippen LogP contribution in [-0.2, 0) is 9.84 Å². The Morgan fingerprint density at radius 2 is 1.88 bits per heavy atom. The molecule has 2 aliphatic rings. The van der Waals surface area contributed by atoms with E-state index in [0.717, 1.165) is 12.5 Å². The third-order valence-corrected chi connectivity index (χ3v) is 7.10. The van der Waals surface area contributed by atoms with Crippen molar-refractivity contribution in [3.63, 3.8) is 0 Å². The lowest BCUT2D eigenvalue weighted by molar-refractivity contribution is 0.110. The molecular formula is C17H35IN4O2S. The Labute approximate surface area is 170 Å². The van der Waals surface area contributed by atoms with Crippen LogP contribution in [0, 0.1) is 11.8 Å². The molecule has 2 saturated heterocycles. The van der Waals surface area contributed by atoms with Crippen LogP contribution in [0.3, 0.4) is 0 Å². The number of nitrogens with zero attached hydrogens (tertiary/aromatic N) is 2. The van der Waals surface area contributed by atoms with E-state index >= 15 is 0 Å². The second-order valence-corrected chi connectivity index (χ2v) is 9.96. The molecule has 2 aliphatic heterocycles. The lowest BCUT2D eigenvalue weighted by Crippen LogP contribution is -2.52. The minimum atomic E-state index is -2.87. The van der Waals surface area contributed by atoms with E-state index in [-0.39, 0.29) is 41.5 Å². The molecule has 0 aromatic heterocycles. The molecule has 2 heterocycles. The average Bonchev–Trinajstić information content (AvgIpc) is 2.86. The highest BCUT2D eigenvalue weighted by atomic mass is 127. The molecule has 0 radical (unpaired) electrons. The molecule has 25 heavy (non-hydrogen) atoms. The van der Waals surface area contributed by atoms with Crippen LogP contribution < -0.4 is 10.6 Å². The molecule has 2 N–H and O–H groups in total. The molecule has 2 rings (SSSR count). The number of rotatable bonds is 5. The summed E-state index contributed by atoms with van der Waals surface area (Å²) in [6.07, 6.45) is 3.22. The Balaban J connectivity index is 0.00000312. The van der Waals surface area contributed by atoms with Gasteiger partial charge in [0, 0.05) is 25.7 Å². The van der Waals surface area contributed by atoms with Crippen LogP contribution in [0.1, 0.15) is 40.0 Å². The molecule has 2 unspecified atom stereocenters. The van der Waals surface area contributed by atoms with Crippen molar-refractivity contribution in [2.45, 2.75) is 52.1 Å². The summed E-state index contributed by atoms with van der Waals surface area (Å²) < 4.78 is 23.2. The molecule has 0 aromatic rings. The van der Waals surface area contributed by atoms with Crippen molar-refractivity contribution in [2.24, 2.45) is 16.8 Å². The minimum Gasteiger partial charge on any atom is -0.355 e. The van der Waals surface area contributed by atoms with Crippen molar-refractivity contribution < 1.29 is 8.42 Å². The fourth-order valence-corrected chi connectivity index (χ4v) is 5.32. The van der Waals surface area contributed by atoms with E-state index < -0.39 is 9.84 Å². The normalized spacial score (nSPS) is 26.3. The van der Waals surface area contributed by atoms with Gasteiger partial charge in [0.05, 0.1) is 11.5 Å². The predicted octanol–water partition coefficient (Wildman–Crippen LogP) is 1.71. The summed E-state index contributed by atoms with van der Waals surface area (Å²) in [5.74, 6) is 2.61. The molecule has 148 valence electrons. The van der Waals surface area contributed by atoms with Gasteiger partial charge >= 0.3 is 0 Å². The highest BCUT2D eigenvalue weighted by Crippen LogP contribution is 2.21. The van der Waals surface area contributed by atoms with Crippen molar-refractivity contribution in [3.8, 4) is 0 Å². The zero-order chi connectivity index (χ0) is 17.7. The molecule has 8 heteroatoms. The van der Waals surface area contributed by atoms with Crippen LogP contribution in [0.2, 0.25) is 0 Å². The van der Waals surface area contributed by atoms with Gasteiger partial charge in [0.1, 0.15) is 0 Å². The Morgan fingerprint density at radius 3 is 2.36 bits per heavy atom. The first-order valence-electron chi connectivity index (χ1n) is 9.22. The summed E-state index contributed by atoms with van der Waals surface area (Å²) in [6.45, 7) is 10.0. The summed E-state index contributed by atoms with van der Waals surface area (Å²) in [5, 5.41) is 6.68. The van der Waals surface area contributed by atoms with Gasteiger partial charge in [-0.05, 0) is 44.2 Å². The molecule has 0 amide bonds. The molecular weight excluding hydrogens is 451 g/mol. The number of piperidine rings is 1. The third kappa shape index (κ3) is 7.21. The van der Waals surface area contributed by atoms with Gasteiger partial charge in [0.15, 0.2) is 15.8 Å². The molecule has 2 atom stereocenters. The number of aliphatic imine (C=N–C) groups is 1. The van der Waals surface area contributed by atoms with Crippen molar-refractivity contribution >= 4 is 39.8 Å². The van der Waals surface area contributed by atoms with E-state index in [9.17, 15) is 8.42 Å². The van der Waals surface area contributed by atoms with Crippen LogP contribution >= 0.6 is 24.0 Å². The Kier molecular flexibility index (Phi) is 9.45. The summed E-state index contributed by atoms with van der Waals surface area (Å²) in [5.41, 5.74) is 0. The lowest BCUT2D eigenvalue weighted by atomic mass is 9.94. The first kappa shape index (κ1) is 23.0. The fourth-order valence-electron chi connectivity index (χ4n) is 3.64. The van der Waals surface area contributed by atoms with E-state index in [1.54, 1.807) is 7.05 Å². The van der Waals surface area contributed by atoms with E-state index in [2.05, 4.69) is 41.3 Å². The molecule has 0 saturated carbocycles. The number of hydrogen-bond donors (Lipinski definition) is 2. The second kappa shape index (κ2) is 10.3. The first-order valence-corrected chi connectivity index (χ1v) is 11.0. The van der Waals surface area contributed by atoms with Gasteiger partial charge in [0.25, 0.3) is 0 Å². The van der Waals surface area contributed by atoms with Gasteiger partial charge in [-0.3, -0.25) is 9.89 Å². The maximum atomic E-state index is 11.6. The highest BCUT2D eigenvalue weighted by molar-refractivity contribution is 14.0. The quantitative estimate of drug-likeness (QED) is 0.352. The zero-order valence-electron chi connectivity index (χ0n) is 16.0. The standard InChI is InChI=1S/C17H34N4O2S.HI/c1-13(2)16(21-8-5-14(3)6-9-21)11-19-17(18-4)20-15-7-10-24(22,23)12-15;/h13-16H,5-12H2,1-4H3,(H2,18,19,20);1H. The summed E-state index contributed by atoms with van der Waals surface area (Å²) in [6, 6.07) is 0.456. The van der Waals surface area contributed by atoms with E-state index in [0.29, 0.717) is 24.3 Å². The van der Waals surface area contributed by atoms with Gasteiger partial charge in [-0.2, -0.15) is 0 Å². The van der Waals surface area contributed by atoms with Crippen molar-refractivity contribution in [1.29, 1.82) is 0 Å². The average molecular weight is 486 g/mol. The molecule has 0 aliphatic carbocycles. The number of guanidine groups is 1. The van der Waals surface area contributed by atoms with Crippen molar-refractivity contribution in [3.05, 3.63) is 0 Å². The molecule has 6 nitrogen and oxygen atoms in total. The van der Waals surface area contributed by atoms with Gasteiger partial charge in [-0.1, -0.05) is 20.8 Å². The van der Waals surface area contributed by atoms with Crippen LogP contribution in [0.5, 0.6) is 0 Å². The maximum absolute atomic E-state index is 11.6. The van der Waals surface area contributed by atoms with Crippen LogP contribution in [0.15, 0.2) is 4.99 Å². The minimum absolute atomic E-state index is 0. The van der Waals surface area contributed by atoms with Crippen molar-refractivity contribution in [2.75, 3.05) is 38.2 Å². The predicted molar refractivity (Wildman–Crippen MR) is 116 cm³/mol. The van der Waals surface area contributed by atoms with Gasteiger partial charge in [-0.25, -0.2) is 8.42 Å². The van der Waals surface area contributed by atoms with Gasteiger partial charge < -0.3 is 10.6 Å². The van der Waals surface area contributed by atoms with E-state index in [1.165, 1.54) is 25.9 Å². The summed E-state index contributed by atoms with van der Waals surface area (Å²) >= 11 is 0. The van der Waals surface area contributed by atoms with Crippen LogP contribution in [0.4, 0.5) is 0 Å². The van der Waals surface area contributed by atoms with Crippen LogP contribution in [-0.4, -0.2) is 69.5 Å². The Bertz CT molecular complexity index is 531. The number of hydrogen-bond acceptors (Lipinski definition) is 4. The topological polar surface area (TPSA) is 73.8 Å². The Hall–Kier alpha value is -0.0900. The first-order chi connectivity index (χ1) is 11.3. The Morgan fingerprint density at radius 1 is 1.24 bits per heavy atom. The van der Waals surface area contributed by atoms with Gasteiger partial charge in [0.2, 0.25) is 0 Å². The monoisotopic (exact) mass is 486 g/mol. The molecule has 0 bridgehead atoms. The zero-order valence-corrected chi connectivity index (χ0v) is 19.1. The van der Waals surface area contributed by atoms with E-state index in [1.807, 2.05) is 0 Å². The smallest absolute Gasteiger partial charge is 0.191 e. The maximum Gasteiger partial charge on any atom is 0.191 e. The molecule has 0 aromatic carbocycles. The molecule has 2 fully saturated rings. The second-order valence-electron chi connectivity index (χ2n) is 7.73. The van der Waals surface area contributed by atoms with Gasteiger partial charge in [-0.15, -0.1) is 24.0 Å². The highest BCUT2D eigenvalue weighted by Gasteiger charge is 2.29. The number of likely N-dealkylation sites (tertiary alicyclic amines) is 1. The number of sulfone groups is 1. The van der Waals surface area contributed by atoms with Crippen molar-refractivity contribution in [1.82, 2.24) is 15.5 Å².